The first-order valence-electron chi connectivity index (χ1n) is 5.04. The monoisotopic (exact) mass is 231 g/mol. The van der Waals surface area contributed by atoms with Gasteiger partial charge < -0.3 is 21.3 Å². The number of nitrogens with one attached hydrogen (secondary N) is 1. The summed E-state index contributed by atoms with van der Waals surface area (Å²) in [5.41, 5.74) is 3.33. The van der Waals surface area contributed by atoms with Gasteiger partial charge in [-0.25, -0.2) is 4.79 Å². The molecule has 0 spiro atoms. The molecule has 92 valence electrons. The Bertz CT molecular complexity index is 292. The highest BCUT2D eigenvalue weighted by Crippen LogP contribution is 2.11. The number of carbonyl (C=O) groups is 2. The highest BCUT2D eigenvalue weighted by molar-refractivity contribution is 5.81. The van der Waals surface area contributed by atoms with Crippen molar-refractivity contribution in [1.29, 1.82) is 0 Å². The first-order valence-corrected chi connectivity index (χ1v) is 5.04. The van der Waals surface area contributed by atoms with Crippen LogP contribution >= 0.6 is 0 Å². The fraction of sp³-hybridized carbons (Fsp3) is 0.778. The van der Waals surface area contributed by atoms with Crippen LogP contribution in [0.5, 0.6) is 0 Å². The summed E-state index contributed by atoms with van der Waals surface area (Å²) in [4.78, 5) is 23.5. The number of aliphatic carboxylic acids is 1. The molecule has 0 aromatic rings. The number of nitrogens with zero attached hydrogens (tertiary/aromatic N) is 1. The van der Waals surface area contributed by atoms with E-state index in [0.29, 0.717) is 19.6 Å². The molecule has 1 rings (SSSR count). The van der Waals surface area contributed by atoms with Crippen LogP contribution in [0.25, 0.3) is 0 Å². The second-order valence-corrected chi connectivity index (χ2v) is 4.17. The predicted octanol–water partition coefficient (Wildman–Crippen LogP) is -2.42. The SMILES string of the molecule is CC(O)(CN1CCNCC1C(N)=O)C(=O)O. The molecule has 0 aromatic carbocycles. The highest BCUT2D eigenvalue weighted by Gasteiger charge is 2.37. The van der Waals surface area contributed by atoms with E-state index in [4.69, 9.17) is 10.8 Å². The lowest BCUT2D eigenvalue weighted by Gasteiger charge is -2.37. The van der Waals surface area contributed by atoms with Crippen molar-refractivity contribution < 1.29 is 19.8 Å². The first kappa shape index (κ1) is 12.9. The molecule has 0 aliphatic carbocycles. The Morgan fingerprint density at radius 1 is 1.62 bits per heavy atom. The van der Waals surface area contributed by atoms with Gasteiger partial charge in [0.15, 0.2) is 5.60 Å². The largest absolute Gasteiger partial charge is 0.479 e. The third-order valence-corrected chi connectivity index (χ3v) is 2.65. The Kier molecular flexibility index (Phi) is 3.84. The molecule has 1 saturated heterocycles. The molecule has 1 aliphatic rings. The van der Waals surface area contributed by atoms with E-state index in [-0.39, 0.29) is 6.54 Å². The molecule has 0 saturated carbocycles. The normalized spacial score (nSPS) is 26.0. The number of rotatable bonds is 4. The number of hydrogen-bond acceptors (Lipinski definition) is 5. The molecule has 7 nitrogen and oxygen atoms in total. The van der Waals surface area contributed by atoms with Gasteiger partial charge in [0.1, 0.15) is 6.04 Å². The summed E-state index contributed by atoms with van der Waals surface area (Å²) in [5, 5.41) is 21.4. The number of piperazine rings is 1. The molecule has 5 N–H and O–H groups in total. The summed E-state index contributed by atoms with van der Waals surface area (Å²) >= 11 is 0. The summed E-state index contributed by atoms with van der Waals surface area (Å²) in [6.07, 6.45) is 0. The van der Waals surface area contributed by atoms with Gasteiger partial charge in [-0.05, 0) is 6.92 Å². The lowest BCUT2D eigenvalue weighted by atomic mass is 10.0. The molecule has 1 fully saturated rings. The van der Waals surface area contributed by atoms with Crippen molar-refractivity contribution in [3.8, 4) is 0 Å². The maximum absolute atomic E-state index is 11.1. The minimum Gasteiger partial charge on any atom is -0.479 e. The van der Waals surface area contributed by atoms with Crippen molar-refractivity contribution in [3.63, 3.8) is 0 Å². The molecule has 2 atom stereocenters. The van der Waals surface area contributed by atoms with Gasteiger partial charge in [0.25, 0.3) is 0 Å². The van der Waals surface area contributed by atoms with Gasteiger partial charge in [-0.15, -0.1) is 0 Å². The third-order valence-electron chi connectivity index (χ3n) is 2.65. The maximum atomic E-state index is 11.1. The lowest BCUT2D eigenvalue weighted by Crippen LogP contribution is -2.61. The number of β-amino-alcohol motifs (C(OH)–C–C–N with tert-alkyl or cyclic N) is 1. The minimum absolute atomic E-state index is 0.113. The minimum atomic E-state index is -1.87. The van der Waals surface area contributed by atoms with Gasteiger partial charge in [-0.2, -0.15) is 0 Å². The Morgan fingerprint density at radius 3 is 2.75 bits per heavy atom. The van der Waals surface area contributed by atoms with Gasteiger partial charge in [-0.1, -0.05) is 0 Å². The van der Waals surface area contributed by atoms with Crippen molar-refractivity contribution in [3.05, 3.63) is 0 Å². The van der Waals surface area contributed by atoms with E-state index in [1.54, 1.807) is 4.90 Å². The predicted molar refractivity (Wildman–Crippen MR) is 55.7 cm³/mol. The maximum Gasteiger partial charge on any atom is 0.336 e. The van der Waals surface area contributed by atoms with Crippen molar-refractivity contribution in [1.82, 2.24) is 10.2 Å². The zero-order valence-corrected chi connectivity index (χ0v) is 9.14. The summed E-state index contributed by atoms with van der Waals surface area (Å²) in [7, 11) is 0. The average Bonchev–Trinajstić information content (AvgIpc) is 2.17. The Hall–Kier alpha value is -1.18. The number of carboxylic acids is 1. The topological polar surface area (TPSA) is 116 Å². The third kappa shape index (κ3) is 2.91. The molecular weight excluding hydrogens is 214 g/mol. The second kappa shape index (κ2) is 4.77. The summed E-state index contributed by atoms with van der Waals surface area (Å²) in [5.74, 6) is -1.83. The van der Waals surface area contributed by atoms with Crippen LogP contribution in [-0.2, 0) is 9.59 Å². The fourth-order valence-corrected chi connectivity index (χ4v) is 1.68. The number of primary amides is 1. The summed E-state index contributed by atoms with van der Waals surface area (Å²) < 4.78 is 0. The standard InChI is InChI=1S/C9H17N3O4/c1-9(16,8(14)15)5-12-3-2-11-4-6(12)7(10)13/h6,11,16H,2-5H2,1H3,(H2,10,13)(H,14,15). The summed E-state index contributed by atoms with van der Waals surface area (Å²) in [6, 6.07) is -0.570. The van der Waals surface area contributed by atoms with Crippen LogP contribution < -0.4 is 11.1 Å². The van der Waals surface area contributed by atoms with Crippen LogP contribution in [-0.4, -0.2) is 64.8 Å². The molecule has 16 heavy (non-hydrogen) atoms. The molecular formula is C9H17N3O4. The Balaban J connectivity index is 2.70. The molecule has 0 radical (unpaired) electrons. The smallest absolute Gasteiger partial charge is 0.336 e. The van der Waals surface area contributed by atoms with Crippen molar-refractivity contribution in [2.75, 3.05) is 26.2 Å². The molecule has 1 amide bonds. The lowest BCUT2D eigenvalue weighted by molar-refractivity contribution is -0.160. The summed E-state index contributed by atoms with van der Waals surface area (Å²) in [6.45, 7) is 2.59. The van der Waals surface area contributed by atoms with E-state index < -0.39 is 23.5 Å². The second-order valence-electron chi connectivity index (χ2n) is 4.17. The molecule has 0 bridgehead atoms. The van der Waals surface area contributed by atoms with E-state index >= 15 is 0 Å². The number of carboxylic acid groups (broad SMARTS) is 1. The number of amides is 1. The van der Waals surface area contributed by atoms with Gasteiger partial charge in [0.2, 0.25) is 5.91 Å². The fourth-order valence-electron chi connectivity index (χ4n) is 1.68. The van der Waals surface area contributed by atoms with Crippen molar-refractivity contribution >= 4 is 11.9 Å². The molecule has 1 aliphatic heterocycles. The van der Waals surface area contributed by atoms with Crippen LogP contribution in [0.2, 0.25) is 0 Å². The Morgan fingerprint density at radius 2 is 2.25 bits per heavy atom. The number of nitrogens with two attached hydrogens (primary N) is 1. The van der Waals surface area contributed by atoms with Crippen LogP contribution in [0.15, 0.2) is 0 Å². The van der Waals surface area contributed by atoms with Crippen molar-refractivity contribution in [2.45, 2.75) is 18.6 Å². The molecule has 1 heterocycles. The van der Waals surface area contributed by atoms with Crippen LogP contribution in [0.4, 0.5) is 0 Å². The molecule has 7 heteroatoms. The van der Waals surface area contributed by atoms with E-state index in [0.717, 1.165) is 0 Å². The first-order chi connectivity index (χ1) is 7.34. The zero-order chi connectivity index (χ0) is 12.3. The zero-order valence-electron chi connectivity index (χ0n) is 9.14. The number of carbonyl (C=O) groups excluding carboxylic acids is 1. The van der Waals surface area contributed by atoms with Gasteiger partial charge >= 0.3 is 5.97 Å². The van der Waals surface area contributed by atoms with Gasteiger partial charge in [-0.3, -0.25) is 9.69 Å². The van der Waals surface area contributed by atoms with Crippen LogP contribution in [0.1, 0.15) is 6.92 Å². The highest BCUT2D eigenvalue weighted by atomic mass is 16.4. The van der Waals surface area contributed by atoms with E-state index in [2.05, 4.69) is 5.32 Å². The van der Waals surface area contributed by atoms with Crippen molar-refractivity contribution in [2.24, 2.45) is 5.73 Å². The number of aliphatic hydroxyl groups is 1. The van der Waals surface area contributed by atoms with E-state index in [1.165, 1.54) is 6.92 Å². The molecule has 0 aromatic heterocycles. The van der Waals surface area contributed by atoms with Crippen LogP contribution in [0.3, 0.4) is 0 Å². The van der Waals surface area contributed by atoms with Gasteiger partial charge in [0, 0.05) is 26.2 Å². The van der Waals surface area contributed by atoms with Gasteiger partial charge in [0.05, 0.1) is 0 Å². The Labute approximate surface area is 93.2 Å². The average molecular weight is 231 g/mol. The van der Waals surface area contributed by atoms with Crippen LogP contribution in [0, 0.1) is 0 Å². The van der Waals surface area contributed by atoms with E-state index in [9.17, 15) is 14.7 Å². The van der Waals surface area contributed by atoms with E-state index in [1.807, 2.05) is 0 Å². The number of hydrogen-bond donors (Lipinski definition) is 4. The molecule has 2 unspecified atom stereocenters. The quantitative estimate of drug-likeness (QED) is 0.428.